The van der Waals surface area contributed by atoms with Crippen LogP contribution < -0.4 is 5.32 Å². The standard InChI is InChI=1S/C25H27N7O3/c1-14-16(10-31-12-21(33)22(34)13-31)11-32(30-14)23-6-7-26-25(29-23)28-17-4-5-20-18(8-17)19(9-27-20)24(35)15-2-3-15/h4-9,11,15,21,24,27,33,35H,2-3,10,12-13H2,1H3,(H,26,28,29)/t21-,24?/m0/s1. The molecule has 0 radical (unpaired) electrons. The van der Waals surface area contributed by atoms with Crippen LogP contribution in [-0.4, -0.2) is 64.8 Å². The van der Waals surface area contributed by atoms with Gasteiger partial charge in [0.1, 0.15) is 6.10 Å². The molecule has 2 atom stereocenters. The largest absolute Gasteiger partial charge is 0.388 e. The highest BCUT2D eigenvalue weighted by Crippen LogP contribution is 2.43. The van der Waals surface area contributed by atoms with Gasteiger partial charge in [-0.2, -0.15) is 10.1 Å². The number of nitrogens with one attached hydrogen (secondary N) is 2. The van der Waals surface area contributed by atoms with Crippen LogP contribution in [0.15, 0.2) is 42.9 Å². The van der Waals surface area contributed by atoms with Gasteiger partial charge >= 0.3 is 0 Å². The summed E-state index contributed by atoms with van der Waals surface area (Å²) < 4.78 is 1.70. The predicted octanol–water partition coefficient (Wildman–Crippen LogP) is 2.38. The Hall–Kier alpha value is -3.60. The summed E-state index contributed by atoms with van der Waals surface area (Å²) in [6, 6.07) is 7.71. The van der Waals surface area contributed by atoms with E-state index in [-0.39, 0.29) is 12.3 Å². The van der Waals surface area contributed by atoms with Crippen molar-refractivity contribution in [1.29, 1.82) is 0 Å². The summed E-state index contributed by atoms with van der Waals surface area (Å²) in [5, 5.41) is 29.2. The van der Waals surface area contributed by atoms with E-state index in [2.05, 4.69) is 25.4 Å². The number of anilines is 2. The van der Waals surface area contributed by atoms with Crippen molar-refractivity contribution in [3.63, 3.8) is 0 Å². The zero-order valence-electron chi connectivity index (χ0n) is 19.3. The zero-order valence-corrected chi connectivity index (χ0v) is 19.3. The lowest BCUT2D eigenvalue weighted by molar-refractivity contribution is -0.123. The number of Topliss-reactive ketones (excluding diaryl/α,β-unsaturated/α-hetero) is 1. The number of aromatic amines is 1. The smallest absolute Gasteiger partial charge is 0.229 e. The third-order valence-corrected chi connectivity index (χ3v) is 6.81. The van der Waals surface area contributed by atoms with Crippen LogP contribution >= 0.6 is 0 Å². The first-order chi connectivity index (χ1) is 16.9. The number of hydrogen-bond donors (Lipinski definition) is 4. The minimum Gasteiger partial charge on any atom is -0.388 e. The van der Waals surface area contributed by atoms with Crippen molar-refractivity contribution in [3.8, 4) is 5.82 Å². The number of β-amino-alcohol motifs (C(OH)–C–C–N with tert-alkyl or cyclic N) is 1. The van der Waals surface area contributed by atoms with E-state index in [1.54, 1.807) is 16.9 Å². The van der Waals surface area contributed by atoms with Gasteiger partial charge in [0.05, 0.1) is 18.3 Å². The highest BCUT2D eigenvalue weighted by molar-refractivity contribution is 5.87. The Morgan fingerprint density at radius 2 is 2.14 bits per heavy atom. The van der Waals surface area contributed by atoms with Gasteiger partial charge in [-0.15, -0.1) is 0 Å². The summed E-state index contributed by atoms with van der Waals surface area (Å²) in [7, 11) is 0. The maximum absolute atomic E-state index is 11.7. The summed E-state index contributed by atoms with van der Waals surface area (Å²) >= 11 is 0. The number of nitrogens with zero attached hydrogens (tertiary/aromatic N) is 5. The van der Waals surface area contributed by atoms with Gasteiger partial charge in [-0.3, -0.25) is 9.69 Å². The van der Waals surface area contributed by atoms with Gasteiger partial charge < -0.3 is 20.5 Å². The number of rotatable bonds is 7. The molecule has 3 aromatic heterocycles. The average molecular weight is 474 g/mol. The molecule has 4 N–H and O–H groups in total. The van der Waals surface area contributed by atoms with E-state index in [4.69, 9.17) is 0 Å². The number of carbonyl (C=O) groups excluding carboxylic acids is 1. The maximum Gasteiger partial charge on any atom is 0.229 e. The molecule has 0 spiro atoms. The van der Waals surface area contributed by atoms with Gasteiger partial charge in [-0.1, -0.05) is 0 Å². The molecule has 4 heterocycles. The highest BCUT2D eigenvalue weighted by atomic mass is 16.3. The molecule has 1 aliphatic heterocycles. The number of carbonyl (C=O) groups is 1. The Balaban J connectivity index is 1.21. The summed E-state index contributed by atoms with van der Waals surface area (Å²) in [5.41, 5.74) is 4.54. The lowest BCUT2D eigenvalue weighted by atomic mass is 10.0. The van der Waals surface area contributed by atoms with Crippen LogP contribution in [0, 0.1) is 12.8 Å². The molecule has 6 rings (SSSR count). The van der Waals surface area contributed by atoms with Crippen LogP contribution in [0.4, 0.5) is 11.6 Å². The SMILES string of the molecule is Cc1nn(-c2ccnc(Nc3ccc4[nH]cc(C(O)C5CC5)c4c3)n2)cc1CN1CC(=O)[C@@H](O)C1. The van der Waals surface area contributed by atoms with Gasteiger partial charge in [0.25, 0.3) is 0 Å². The van der Waals surface area contributed by atoms with Crippen molar-refractivity contribution in [3.05, 3.63) is 59.7 Å². The number of hydrogen-bond acceptors (Lipinski definition) is 8. The first-order valence-electron chi connectivity index (χ1n) is 11.8. The van der Waals surface area contributed by atoms with E-state index in [9.17, 15) is 15.0 Å². The van der Waals surface area contributed by atoms with Crippen LogP contribution in [0.2, 0.25) is 0 Å². The summed E-state index contributed by atoms with van der Waals surface area (Å²) in [4.78, 5) is 25.8. The highest BCUT2D eigenvalue weighted by Gasteiger charge is 2.32. The van der Waals surface area contributed by atoms with Crippen molar-refractivity contribution in [2.24, 2.45) is 5.92 Å². The fraction of sp³-hybridized carbons (Fsp3) is 0.360. The summed E-state index contributed by atoms with van der Waals surface area (Å²) in [6.07, 6.45) is 6.25. The van der Waals surface area contributed by atoms with Crippen molar-refractivity contribution in [1.82, 2.24) is 29.6 Å². The Labute approximate surface area is 201 Å². The molecule has 1 aliphatic carbocycles. The summed E-state index contributed by atoms with van der Waals surface area (Å²) in [6.45, 7) is 3.05. The van der Waals surface area contributed by atoms with Crippen LogP contribution in [-0.2, 0) is 11.3 Å². The fourth-order valence-electron chi connectivity index (χ4n) is 4.66. The topological polar surface area (TPSA) is 132 Å². The number of likely N-dealkylation sites (tertiary alicyclic amines) is 1. The quantitative estimate of drug-likeness (QED) is 0.322. The number of benzene rings is 1. The van der Waals surface area contributed by atoms with Crippen LogP contribution in [0.25, 0.3) is 16.7 Å². The van der Waals surface area contributed by atoms with Gasteiger partial charge in [-0.25, -0.2) is 9.67 Å². The molecule has 1 aromatic carbocycles. The van der Waals surface area contributed by atoms with E-state index in [0.717, 1.165) is 46.3 Å². The number of aryl methyl sites for hydroxylation is 1. The number of ketones is 1. The third-order valence-electron chi connectivity index (χ3n) is 6.81. The lowest BCUT2D eigenvalue weighted by Gasteiger charge is -2.12. The Morgan fingerprint density at radius 3 is 2.91 bits per heavy atom. The molecule has 1 unspecified atom stereocenters. The molecule has 1 saturated heterocycles. The monoisotopic (exact) mass is 473 g/mol. The number of aliphatic hydroxyl groups excluding tert-OH is 2. The molecule has 2 fully saturated rings. The maximum atomic E-state index is 11.7. The van der Waals surface area contributed by atoms with Gasteiger partial charge in [0, 0.05) is 65.5 Å². The minimum atomic E-state index is -0.903. The van der Waals surface area contributed by atoms with E-state index in [1.165, 1.54) is 0 Å². The van der Waals surface area contributed by atoms with Crippen molar-refractivity contribution >= 4 is 28.3 Å². The molecule has 180 valence electrons. The molecule has 1 saturated carbocycles. The number of aromatic nitrogens is 5. The average Bonchev–Trinajstić information content (AvgIpc) is 3.41. The number of fused-ring (bicyclic) bond motifs is 1. The normalized spacial score (nSPS) is 19.5. The Kier molecular flexibility index (Phi) is 5.36. The first kappa shape index (κ1) is 21.9. The van der Waals surface area contributed by atoms with Crippen molar-refractivity contribution in [2.75, 3.05) is 18.4 Å². The molecule has 10 heteroatoms. The molecule has 35 heavy (non-hydrogen) atoms. The lowest BCUT2D eigenvalue weighted by Crippen LogP contribution is -2.21. The van der Waals surface area contributed by atoms with Crippen LogP contribution in [0.1, 0.15) is 35.8 Å². The van der Waals surface area contributed by atoms with E-state index in [0.29, 0.717) is 30.8 Å². The molecule has 4 aromatic rings. The second-order valence-corrected chi connectivity index (χ2v) is 9.49. The number of aliphatic hydroxyl groups is 2. The molecular weight excluding hydrogens is 446 g/mol. The Bertz CT molecular complexity index is 1410. The minimum absolute atomic E-state index is 0.145. The fourth-order valence-corrected chi connectivity index (χ4v) is 4.66. The molecule has 2 aliphatic rings. The second-order valence-electron chi connectivity index (χ2n) is 9.49. The molecular formula is C25H27N7O3. The molecule has 0 bridgehead atoms. The van der Waals surface area contributed by atoms with Crippen LogP contribution in [0.3, 0.4) is 0 Å². The van der Waals surface area contributed by atoms with Gasteiger partial charge in [-0.05, 0) is 43.9 Å². The summed E-state index contributed by atoms with van der Waals surface area (Å²) in [5.74, 6) is 1.25. The van der Waals surface area contributed by atoms with Gasteiger partial charge in [0.15, 0.2) is 11.6 Å². The van der Waals surface area contributed by atoms with Crippen molar-refractivity contribution < 1.29 is 15.0 Å². The first-order valence-corrected chi connectivity index (χ1v) is 11.8. The molecule has 10 nitrogen and oxygen atoms in total. The zero-order chi connectivity index (χ0) is 24.1. The Morgan fingerprint density at radius 1 is 1.29 bits per heavy atom. The van der Waals surface area contributed by atoms with E-state index < -0.39 is 12.2 Å². The van der Waals surface area contributed by atoms with Crippen molar-refractivity contribution in [2.45, 2.75) is 38.5 Å². The third kappa shape index (κ3) is 4.31. The van der Waals surface area contributed by atoms with E-state index >= 15 is 0 Å². The van der Waals surface area contributed by atoms with Gasteiger partial charge in [0.2, 0.25) is 5.95 Å². The molecule has 0 amide bonds. The second kappa shape index (κ2) is 8.56. The van der Waals surface area contributed by atoms with Crippen LogP contribution in [0.5, 0.6) is 0 Å². The predicted molar refractivity (Wildman–Crippen MR) is 129 cm³/mol. The van der Waals surface area contributed by atoms with E-state index in [1.807, 2.05) is 42.4 Å². The number of H-pyrrole nitrogens is 1.